The Morgan fingerprint density at radius 1 is 0.184 bits per heavy atom. The summed E-state index contributed by atoms with van der Waals surface area (Å²) in [5, 5.41) is 246. The number of fused-ring (bicyclic) bond motifs is 7. The Morgan fingerprint density at radius 2 is 0.493 bits per heavy atom. The third-order valence-electron chi connectivity index (χ3n) is 28.8. The fourth-order valence-corrected chi connectivity index (χ4v) is 24.0. The molecular weight excluding hydrogens is 1730 g/mol. The van der Waals surface area contributed by atoms with Crippen LogP contribution >= 0.6 is 0 Å². The Morgan fingerprint density at radius 3 is 0.890 bits per heavy atom. The lowest BCUT2D eigenvalue weighted by molar-refractivity contribution is 0.217. The molecule has 16 unspecified atom stereocenters. The van der Waals surface area contributed by atoms with Crippen molar-refractivity contribution in [2.24, 2.45) is 0 Å². The average Bonchev–Trinajstić information content (AvgIpc) is 1.50. The Balaban J connectivity index is 0.911. The van der Waals surface area contributed by atoms with Gasteiger partial charge in [-0.05, 0) is 241 Å². The van der Waals surface area contributed by atoms with Crippen LogP contribution in [0.5, 0.6) is 138 Å². The highest BCUT2D eigenvalue weighted by atomic mass is 16.5. The second kappa shape index (κ2) is 31.2. The van der Waals surface area contributed by atoms with Crippen LogP contribution < -0.4 is 18.9 Å². The van der Waals surface area contributed by atoms with E-state index in [9.17, 15) is 97.0 Å². The number of hydrogen-bond donors (Lipinski definition) is 20. The molecule has 4 aliphatic heterocycles. The zero-order chi connectivity index (χ0) is 93.7. The molecule has 24 heteroatoms. The smallest absolute Gasteiger partial charge is 0.135 e. The van der Waals surface area contributed by atoms with Crippen LogP contribution in [0.1, 0.15) is 229 Å². The van der Waals surface area contributed by atoms with Crippen LogP contribution in [0.4, 0.5) is 0 Å². The van der Waals surface area contributed by atoms with Crippen LogP contribution in [0, 0.1) is 0 Å². The predicted molar refractivity (Wildman–Crippen MR) is 496 cm³/mol. The number of hydrogen-bond acceptors (Lipinski definition) is 24. The van der Waals surface area contributed by atoms with Crippen molar-refractivity contribution in [2.45, 2.75) is 95.4 Å². The monoisotopic (exact) mass is 1810 g/mol. The van der Waals surface area contributed by atoms with Gasteiger partial charge < -0.3 is 121 Å². The van der Waals surface area contributed by atoms with Gasteiger partial charge in [0.2, 0.25) is 0 Å². The Hall–Kier alpha value is -17.3. The molecule has 23 rings (SSSR count). The molecule has 0 fully saturated rings. The van der Waals surface area contributed by atoms with Gasteiger partial charge in [-0.25, -0.2) is 0 Å². The van der Waals surface area contributed by atoms with Gasteiger partial charge in [0.25, 0.3) is 0 Å². The zero-order valence-corrected chi connectivity index (χ0v) is 71.5. The molecule has 16 aromatic carbocycles. The highest BCUT2D eigenvalue weighted by Gasteiger charge is 2.62. The highest BCUT2D eigenvalue weighted by Crippen LogP contribution is 2.77. The molecule has 0 amide bonds. The zero-order valence-electron chi connectivity index (χ0n) is 71.5. The molecule has 24 nitrogen and oxygen atoms in total. The van der Waals surface area contributed by atoms with Crippen LogP contribution in [0.3, 0.4) is 0 Å². The van der Waals surface area contributed by atoms with Crippen molar-refractivity contribution in [3.05, 3.63) is 425 Å². The van der Waals surface area contributed by atoms with Gasteiger partial charge in [0.15, 0.2) is 0 Å². The second-order valence-electron chi connectivity index (χ2n) is 36.5. The highest BCUT2D eigenvalue weighted by molar-refractivity contribution is 5.80. The van der Waals surface area contributed by atoms with E-state index in [1.807, 2.05) is 0 Å². The molecular formula is C112H84O24. The minimum atomic E-state index is -1.57. The maximum atomic E-state index is 16.3. The van der Waals surface area contributed by atoms with Crippen molar-refractivity contribution < 1.29 is 121 Å². The lowest BCUT2D eigenvalue weighted by Gasteiger charge is -2.36. The first-order valence-corrected chi connectivity index (χ1v) is 44.3. The van der Waals surface area contributed by atoms with Crippen molar-refractivity contribution in [3.63, 3.8) is 0 Å². The minimum Gasteiger partial charge on any atom is -0.508 e. The van der Waals surface area contributed by atoms with Crippen LogP contribution in [0.25, 0.3) is 0 Å². The van der Waals surface area contributed by atoms with Gasteiger partial charge in [-0.2, -0.15) is 0 Å². The van der Waals surface area contributed by atoms with E-state index >= 15 is 5.11 Å². The summed E-state index contributed by atoms with van der Waals surface area (Å²) in [5.41, 5.74) is 7.60. The van der Waals surface area contributed by atoms with E-state index in [4.69, 9.17) is 18.9 Å². The Labute approximate surface area is 774 Å². The summed E-state index contributed by atoms with van der Waals surface area (Å²) in [4.78, 5) is 0. The van der Waals surface area contributed by atoms with E-state index in [1.165, 1.54) is 170 Å². The number of benzene rings is 16. The first-order valence-electron chi connectivity index (χ1n) is 44.3. The van der Waals surface area contributed by atoms with E-state index < -0.39 is 118 Å². The molecule has 7 aliphatic rings. The van der Waals surface area contributed by atoms with Gasteiger partial charge in [0, 0.05) is 134 Å². The molecule has 16 aromatic rings. The predicted octanol–water partition coefficient (Wildman–Crippen LogP) is 20.9. The standard InChI is InChI=1S/C112H84O24/c113-60-17-1-49(2-18-60)85-92-77(42-74(127)45-80(92)130)97-105-103-100(85)87(51-5-21-62(115)22-6-51)96(79-44-76(129)47-83-94(79)90(58-35-70(123)40-71(124)36-58)109(134-83)54-11-27-65(118)28-12-54)104(103)107(132)106(112(105)136-111(97)56-15-31-67(120)32-16-56)88(52-7-23-63(116)24-8-52)101-86(50-3-19-61(114)20-4-50)95(78-43-75(128)46-82-93(78)89(57-33-68(121)39-69(122)34-57)108(133-82)53-9-25-64(117)26-10-53)98-81(131)48-84-99(102(98)101)91(59-37-72(125)41-73(126)38-59)110(135-84)55-13-29-66(119)30-14-55/h1-48,85-91,95-97,100-101,108-111,113-132H. The topological polar surface area (TPSA) is 442 Å². The molecule has 0 radical (unpaired) electrons. The van der Waals surface area contributed by atoms with Crippen LogP contribution in [0.15, 0.2) is 291 Å². The van der Waals surface area contributed by atoms with E-state index in [0.717, 1.165) is 12.1 Å². The molecule has 0 spiro atoms. The molecule has 0 aromatic heterocycles. The van der Waals surface area contributed by atoms with Gasteiger partial charge in [0.05, 0.1) is 23.7 Å². The number of phenols is 20. The summed E-state index contributed by atoms with van der Waals surface area (Å²) >= 11 is 0. The van der Waals surface area contributed by atoms with E-state index in [1.54, 1.807) is 109 Å². The summed E-state index contributed by atoms with van der Waals surface area (Å²) in [5.74, 6) is -20.7. The SMILES string of the molecule is Oc1ccc(C2Oc3cc(O)cc(C4c5c(O)c(C(c6ccc(O)cc6)C6c7c8c(cc(O)c7C(c7cc(O)cc9c7C(c7cc(O)cc(O)c7)C(c7ccc(O)cc7)O9)C6c6ccc(O)cc6)OC(c6ccc(O)cc6)C8c6cc(O)cc(O)c6)c6c7c5C(C(c5ccc(O)cc5)c5c(O)cc(O)cc5C7C(c5ccc(O)cc5)O6)C4c4ccc(O)cc4)c3C2c2cc(O)cc(O)c2)cc1. The van der Waals surface area contributed by atoms with E-state index in [-0.39, 0.29) is 165 Å². The van der Waals surface area contributed by atoms with Gasteiger partial charge in [-0.3, -0.25) is 0 Å². The normalized spacial score (nSPS) is 22.2. The van der Waals surface area contributed by atoms with Gasteiger partial charge >= 0.3 is 0 Å². The summed E-state index contributed by atoms with van der Waals surface area (Å²) in [7, 11) is 0. The van der Waals surface area contributed by atoms with Crippen LogP contribution in [-0.4, -0.2) is 102 Å². The van der Waals surface area contributed by atoms with Gasteiger partial charge in [0.1, 0.15) is 162 Å². The lowest BCUT2D eigenvalue weighted by atomic mass is 9.66. The molecule has 0 saturated carbocycles. The third-order valence-corrected chi connectivity index (χ3v) is 28.8. The van der Waals surface area contributed by atoms with Crippen molar-refractivity contribution in [3.8, 4) is 138 Å². The first kappa shape index (κ1) is 83.1. The number of rotatable bonds is 15. The fourth-order valence-electron chi connectivity index (χ4n) is 24.0. The second-order valence-corrected chi connectivity index (χ2v) is 36.5. The summed E-state index contributed by atoms with van der Waals surface area (Å²) in [6.07, 6.45) is -4.73. The average molecular weight is 1810 g/mol. The summed E-state index contributed by atoms with van der Waals surface area (Å²) < 4.78 is 30.0. The first-order chi connectivity index (χ1) is 65.6. The maximum Gasteiger partial charge on any atom is 0.135 e. The van der Waals surface area contributed by atoms with Crippen molar-refractivity contribution in [1.29, 1.82) is 0 Å². The molecule has 20 N–H and O–H groups in total. The van der Waals surface area contributed by atoms with Crippen molar-refractivity contribution >= 4 is 0 Å². The number of aromatic hydroxyl groups is 20. The van der Waals surface area contributed by atoms with Gasteiger partial charge in [-0.15, -0.1) is 0 Å². The fraction of sp³-hybridized carbons (Fsp3) is 0.143. The molecule has 136 heavy (non-hydrogen) atoms. The number of phenolic OH excluding ortho intramolecular Hbond substituents is 20. The maximum absolute atomic E-state index is 16.3. The van der Waals surface area contributed by atoms with E-state index in [0.29, 0.717) is 83.5 Å². The molecule has 0 saturated heterocycles. The lowest BCUT2D eigenvalue weighted by Crippen LogP contribution is -2.22. The van der Waals surface area contributed by atoms with Gasteiger partial charge in [-0.1, -0.05) is 97.1 Å². The van der Waals surface area contributed by atoms with Crippen molar-refractivity contribution in [2.75, 3.05) is 0 Å². The minimum absolute atomic E-state index is 0.0105. The third kappa shape index (κ3) is 13.3. The largest absolute Gasteiger partial charge is 0.508 e. The quantitative estimate of drug-likeness (QED) is 0.0453. The van der Waals surface area contributed by atoms with E-state index in [2.05, 4.69) is 0 Å². The van der Waals surface area contributed by atoms with Crippen LogP contribution in [-0.2, 0) is 0 Å². The Kier molecular flexibility index (Phi) is 19.1. The molecule has 4 heterocycles. The molecule has 3 aliphatic carbocycles. The Bertz CT molecular complexity index is 7500. The molecule has 0 bridgehead atoms. The molecule has 676 valence electrons. The summed E-state index contributed by atoms with van der Waals surface area (Å²) in [6, 6.07) is 73.0. The van der Waals surface area contributed by atoms with Crippen LogP contribution in [0.2, 0.25) is 0 Å². The molecule has 16 atom stereocenters. The van der Waals surface area contributed by atoms with Crippen molar-refractivity contribution in [1.82, 2.24) is 0 Å². The summed E-state index contributed by atoms with van der Waals surface area (Å²) in [6.45, 7) is 0. The number of ether oxygens (including phenoxy) is 4.